The Labute approximate surface area is 175 Å². The summed E-state index contributed by atoms with van der Waals surface area (Å²) in [5, 5.41) is 0. The van der Waals surface area contributed by atoms with Gasteiger partial charge in [-0.05, 0) is 70.7 Å². The summed E-state index contributed by atoms with van der Waals surface area (Å²) in [7, 11) is 0. The van der Waals surface area contributed by atoms with Crippen LogP contribution in [0.25, 0.3) is 0 Å². The Kier molecular flexibility index (Phi) is 7.86. The third kappa shape index (κ3) is 6.66. The molecule has 0 amide bonds. The van der Waals surface area contributed by atoms with Gasteiger partial charge in [0.05, 0.1) is 16.6 Å². The fraction of sp³-hybridized carbons (Fsp3) is 0.300. The van der Waals surface area contributed by atoms with Crippen LogP contribution in [0.5, 0.6) is 11.5 Å². The Morgan fingerprint density at radius 2 is 1.74 bits per heavy atom. The van der Waals surface area contributed by atoms with Crippen LogP contribution in [0.1, 0.15) is 29.8 Å². The highest BCUT2D eigenvalue weighted by Crippen LogP contribution is 2.32. The van der Waals surface area contributed by atoms with Gasteiger partial charge in [-0.2, -0.15) is 0 Å². The first-order valence-electron chi connectivity index (χ1n) is 8.32. The SMILES string of the molecule is Cc1cc(Br)cc(Br)c1OCC(=O)Oc1ccc(C(=O)OCC(C)C)cc1. The quantitative estimate of drug-likeness (QED) is 0.381. The molecule has 0 unspecified atom stereocenters. The van der Waals surface area contributed by atoms with E-state index >= 15 is 0 Å². The molecule has 27 heavy (non-hydrogen) atoms. The van der Waals surface area contributed by atoms with Gasteiger partial charge in [0.15, 0.2) is 6.61 Å². The van der Waals surface area contributed by atoms with Gasteiger partial charge in [-0.3, -0.25) is 0 Å². The summed E-state index contributed by atoms with van der Waals surface area (Å²) < 4.78 is 17.6. The molecule has 0 atom stereocenters. The third-order valence-corrected chi connectivity index (χ3v) is 4.44. The number of carbonyl (C=O) groups is 2. The fourth-order valence-corrected chi connectivity index (χ4v) is 3.70. The molecule has 0 aromatic heterocycles. The fourth-order valence-electron chi connectivity index (χ4n) is 2.15. The first kappa shape index (κ1) is 21.4. The lowest BCUT2D eigenvalue weighted by Crippen LogP contribution is -2.18. The first-order chi connectivity index (χ1) is 12.8. The van der Waals surface area contributed by atoms with Gasteiger partial charge >= 0.3 is 11.9 Å². The molecule has 2 rings (SSSR count). The molecule has 144 valence electrons. The topological polar surface area (TPSA) is 61.8 Å². The second-order valence-electron chi connectivity index (χ2n) is 6.31. The van der Waals surface area contributed by atoms with Crippen molar-refractivity contribution >= 4 is 43.8 Å². The minimum atomic E-state index is -0.542. The number of hydrogen-bond acceptors (Lipinski definition) is 5. The van der Waals surface area contributed by atoms with E-state index in [1.807, 2.05) is 32.9 Å². The number of benzene rings is 2. The average Bonchev–Trinajstić information content (AvgIpc) is 2.59. The number of ether oxygens (including phenoxy) is 3. The highest BCUT2D eigenvalue weighted by Gasteiger charge is 2.12. The molecule has 0 N–H and O–H groups in total. The minimum absolute atomic E-state index is 0.237. The van der Waals surface area contributed by atoms with E-state index in [0.717, 1.165) is 14.5 Å². The molecule has 0 heterocycles. The molecule has 0 aliphatic heterocycles. The predicted molar refractivity (Wildman–Crippen MR) is 109 cm³/mol. The average molecular weight is 500 g/mol. The number of aryl methyl sites for hydroxylation is 1. The van der Waals surface area contributed by atoms with Gasteiger partial charge in [0.2, 0.25) is 0 Å². The molecule has 0 saturated carbocycles. The van der Waals surface area contributed by atoms with Crippen molar-refractivity contribution in [2.75, 3.05) is 13.2 Å². The molecule has 5 nitrogen and oxygen atoms in total. The van der Waals surface area contributed by atoms with Crippen LogP contribution in [0.4, 0.5) is 0 Å². The molecule has 2 aromatic rings. The van der Waals surface area contributed by atoms with Crippen LogP contribution in [0.3, 0.4) is 0 Å². The summed E-state index contributed by atoms with van der Waals surface area (Å²) in [5.74, 6) is 0.234. The van der Waals surface area contributed by atoms with Crippen molar-refractivity contribution in [2.24, 2.45) is 5.92 Å². The second kappa shape index (κ2) is 9.90. The van der Waals surface area contributed by atoms with Crippen LogP contribution in [-0.2, 0) is 9.53 Å². The van der Waals surface area contributed by atoms with Gasteiger partial charge in [0.1, 0.15) is 11.5 Å². The summed E-state index contributed by atoms with van der Waals surface area (Å²) in [6.07, 6.45) is 0. The monoisotopic (exact) mass is 498 g/mol. The van der Waals surface area contributed by atoms with Crippen molar-refractivity contribution in [2.45, 2.75) is 20.8 Å². The van der Waals surface area contributed by atoms with Gasteiger partial charge in [-0.25, -0.2) is 9.59 Å². The zero-order valence-electron chi connectivity index (χ0n) is 15.3. The molecule has 0 saturated heterocycles. The highest BCUT2D eigenvalue weighted by atomic mass is 79.9. The van der Waals surface area contributed by atoms with Gasteiger partial charge in [-0.1, -0.05) is 29.8 Å². The number of hydrogen-bond donors (Lipinski definition) is 0. The van der Waals surface area contributed by atoms with Gasteiger partial charge < -0.3 is 14.2 Å². The van der Waals surface area contributed by atoms with E-state index in [9.17, 15) is 9.59 Å². The van der Waals surface area contributed by atoms with Crippen molar-refractivity contribution in [3.8, 4) is 11.5 Å². The van der Waals surface area contributed by atoms with Crippen LogP contribution in [-0.4, -0.2) is 25.2 Å². The van der Waals surface area contributed by atoms with E-state index < -0.39 is 11.9 Å². The summed E-state index contributed by atoms with van der Waals surface area (Å²) in [5.41, 5.74) is 1.29. The maximum atomic E-state index is 12.0. The number of rotatable bonds is 7. The van der Waals surface area contributed by atoms with Crippen molar-refractivity contribution in [3.05, 3.63) is 56.5 Å². The first-order valence-corrected chi connectivity index (χ1v) is 9.91. The van der Waals surface area contributed by atoms with Crippen LogP contribution >= 0.6 is 31.9 Å². The third-order valence-electron chi connectivity index (χ3n) is 3.40. The Balaban J connectivity index is 1.90. The normalized spacial score (nSPS) is 10.6. The largest absolute Gasteiger partial charge is 0.480 e. The van der Waals surface area contributed by atoms with E-state index in [1.165, 1.54) is 0 Å². The Hall–Kier alpha value is -1.86. The van der Waals surface area contributed by atoms with Gasteiger partial charge in [-0.15, -0.1) is 0 Å². The molecular weight excluding hydrogens is 480 g/mol. The molecule has 0 fully saturated rings. The van der Waals surface area contributed by atoms with Crippen LogP contribution in [0.2, 0.25) is 0 Å². The Morgan fingerprint density at radius 1 is 1.07 bits per heavy atom. The molecule has 0 aliphatic carbocycles. The zero-order chi connectivity index (χ0) is 20.0. The summed E-state index contributed by atoms with van der Waals surface area (Å²) in [6.45, 7) is 5.93. The predicted octanol–water partition coefficient (Wildman–Crippen LogP) is 5.32. The molecule has 0 spiro atoms. The standard InChI is InChI=1S/C20H20Br2O5/c1-12(2)10-26-20(24)14-4-6-16(7-5-14)27-18(23)11-25-19-13(3)8-15(21)9-17(19)22/h4-9,12H,10-11H2,1-3H3. The lowest BCUT2D eigenvalue weighted by molar-refractivity contribution is -0.136. The maximum absolute atomic E-state index is 12.0. The van der Waals surface area contributed by atoms with E-state index in [-0.39, 0.29) is 12.5 Å². The molecule has 0 radical (unpaired) electrons. The van der Waals surface area contributed by atoms with Gasteiger partial charge in [0, 0.05) is 4.47 Å². The maximum Gasteiger partial charge on any atom is 0.349 e. The summed E-state index contributed by atoms with van der Waals surface area (Å²) in [6, 6.07) is 9.94. The molecule has 2 aromatic carbocycles. The smallest absolute Gasteiger partial charge is 0.349 e. The van der Waals surface area contributed by atoms with E-state index in [4.69, 9.17) is 14.2 Å². The van der Waals surface area contributed by atoms with Crippen molar-refractivity contribution < 1.29 is 23.8 Å². The zero-order valence-corrected chi connectivity index (χ0v) is 18.4. The van der Waals surface area contributed by atoms with E-state index in [1.54, 1.807) is 24.3 Å². The lowest BCUT2D eigenvalue weighted by atomic mass is 10.2. The number of carbonyl (C=O) groups excluding carboxylic acids is 2. The minimum Gasteiger partial charge on any atom is -0.480 e. The Morgan fingerprint density at radius 3 is 2.33 bits per heavy atom. The van der Waals surface area contributed by atoms with Crippen LogP contribution in [0.15, 0.2) is 45.3 Å². The van der Waals surface area contributed by atoms with Crippen LogP contribution < -0.4 is 9.47 Å². The van der Waals surface area contributed by atoms with Gasteiger partial charge in [0.25, 0.3) is 0 Å². The molecule has 0 aliphatic rings. The number of halogens is 2. The van der Waals surface area contributed by atoms with Crippen molar-refractivity contribution in [3.63, 3.8) is 0 Å². The molecule has 0 bridgehead atoms. The van der Waals surface area contributed by atoms with E-state index in [2.05, 4.69) is 31.9 Å². The number of esters is 2. The Bertz CT molecular complexity index is 793. The van der Waals surface area contributed by atoms with Crippen molar-refractivity contribution in [1.29, 1.82) is 0 Å². The summed E-state index contributed by atoms with van der Waals surface area (Å²) in [4.78, 5) is 23.9. The highest BCUT2D eigenvalue weighted by molar-refractivity contribution is 9.11. The summed E-state index contributed by atoms with van der Waals surface area (Å²) >= 11 is 6.80. The van der Waals surface area contributed by atoms with Crippen molar-refractivity contribution in [1.82, 2.24) is 0 Å². The second-order valence-corrected chi connectivity index (χ2v) is 8.08. The lowest BCUT2D eigenvalue weighted by Gasteiger charge is -2.11. The van der Waals surface area contributed by atoms with Crippen LogP contribution in [0, 0.1) is 12.8 Å². The molecule has 7 heteroatoms. The molecular formula is C20H20Br2O5. The van der Waals surface area contributed by atoms with E-state index in [0.29, 0.717) is 23.7 Å².